The van der Waals surface area contributed by atoms with Crippen molar-refractivity contribution in [2.24, 2.45) is 5.73 Å². The van der Waals surface area contributed by atoms with Crippen LogP contribution in [0.4, 0.5) is 0 Å². The van der Waals surface area contributed by atoms with Gasteiger partial charge in [-0.25, -0.2) is 0 Å². The second-order valence-corrected chi connectivity index (χ2v) is 7.04. The summed E-state index contributed by atoms with van der Waals surface area (Å²) >= 11 is 0. The Morgan fingerprint density at radius 1 is 1.20 bits per heavy atom. The van der Waals surface area contributed by atoms with Gasteiger partial charge in [0.2, 0.25) is 0 Å². The highest BCUT2D eigenvalue weighted by Gasteiger charge is 2.21. The van der Waals surface area contributed by atoms with Gasteiger partial charge in [0.25, 0.3) is 11.8 Å². The Balaban J connectivity index is 1.52. The van der Waals surface area contributed by atoms with Crippen molar-refractivity contribution in [2.45, 2.75) is 12.6 Å². The van der Waals surface area contributed by atoms with Crippen molar-refractivity contribution in [3.63, 3.8) is 0 Å². The highest BCUT2D eigenvalue weighted by atomic mass is 16.5. The van der Waals surface area contributed by atoms with E-state index in [4.69, 9.17) is 19.9 Å². The zero-order valence-electron chi connectivity index (χ0n) is 17.0. The lowest BCUT2D eigenvalue weighted by Gasteiger charge is -2.33. The van der Waals surface area contributed by atoms with Crippen LogP contribution in [0.5, 0.6) is 11.5 Å². The molecule has 1 heterocycles. The van der Waals surface area contributed by atoms with Crippen LogP contribution < -0.4 is 20.5 Å². The molecular formula is C22H27N3O5. The van der Waals surface area contributed by atoms with E-state index < -0.39 is 5.91 Å². The fourth-order valence-corrected chi connectivity index (χ4v) is 3.27. The molecule has 1 unspecified atom stereocenters. The Labute approximate surface area is 175 Å². The van der Waals surface area contributed by atoms with Crippen LogP contribution in [0.15, 0.2) is 48.5 Å². The summed E-state index contributed by atoms with van der Waals surface area (Å²) in [5.41, 5.74) is 6.77. The zero-order valence-corrected chi connectivity index (χ0v) is 17.0. The lowest BCUT2D eigenvalue weighted by Crippen LogP contribution is -2.47. The standard InChI is InChI=1S/C22H27N3O5/c1-28-20-11-17(7-8-19(20)30-15-21(23)26)22(27)24-12-18-14-25(9-10-29-18)13-16-5-3-2-4-6-16/h2-8,11,18H,9-10,12-15H2,1H3,(H2,23,26)(H,24,27). The normalized spacial score (nSPS) is 16.6. The number of benzene rings is 2. The minimum absolute atomic E-state index is 0.0773. The first-order valence-corrected chi connectivity index (χ1v) is 9.80. The summed E-state index contributed by atoms with van der Waals surface area (Å²) in [6.07, 6.45) is -0.0773. The third-order valence-corrected chi connectivity index (χ3v) is 4.76. The minimum Gasteiger partial charge on any atom is -0.493 e. The lowest BCUT2D eigenvalue weighted by atomic mass is 10.1. The monoisotopic (exact) mass is 413 g/mol. The van der Waals surface area contributed by atoms with Gasteiger partial charge >= 0.3 is 0 Å². The molecule has 2 aromatic carbocycles. The average Bonchev–Trinajstić information content (AvgIpc) is 2.77. The van der Waals surface area contributed by atoms with Crippen LogP contribution in [0.1, 0.15) is 15.9 Å². The Bertz CT molecular complexity index is 859. The molecule has 0 spiro atoms. The molecule has 8 nitrogen and oxygen atoms in total. The molecule has 1 atom stereocenters. The Kier molecular flexibility index (Phi) is 7.64. The molecule has 0 bridgehead atoms. The predicted molar refractivity (Wildman–Crippen MR) is 111 cm³/mol. The Morgan fingerprint density at radius 2 is 2.00 bits per heavy atom. The number of amides is 2. The molecule has 8 heteroatoms. The van der Waals surface area contributed by atoms with Crippen molar-refractivity contribution in [2.75, 3.05) is 40.0 Å². The van der Waals surface area contributed by atoms with Gasteiger partial charge in [-0.05, 0) is 23.8 Å². The smallest absolute Gasteiger partial charge is 0.255 e. The van der Waals surface area contributed by atoms with Crippen LogP contribution in [0.2, 0.25) is 0 Å². The van der Waals surface area contributed by atoms with E-state index in [1.165, 1.54) is 12.7 Å². The Morgan fingerprint density at radius 3 is 2.73 bits per heavy atom. The van der Waals surface area contributed by atoms with Crippen LogP contribution in [0.25, 0.3) is 0 Å². The van der Waals surface area contributed by atoms with E-state index in [1.54, 1.807) is 18.2 Å². The van der Waals surface area contributed by atoms with Gasteiger partial charge in [-0.1, -0.05) is 30.3 Å². The van der Waals surface area contributed by atoms with Gasteiger partial charge < -0.3 is 25.3 Å². The molecule has 30 heavy (non-hydrogen) atoms. The van der Waals surface area contributed by atoms with Crippen LogP contribution >= 0.6 is 0 Å². The van der Waals surface area contributed by atoms with Crippen LogP contribution in [0.3, 0.4) is 0 Å². The number of carbonyl (C=O) groups is 2. The number of rotatable bonds is 9. The summed E-state index contributed by atoms with van der Waals surface area (Å²) in [6.45, 7) is 3.25. The number of ether oxygens (including phenoxy) is 3. The van der Waals surface area contributed by atoms with Crippen molar-refractivity contribution in [1.82, 2.24) is 10.2 Å². The first-order valence-electron chi connectivity index (χ1n) is 9.80. The second-order valence-electron chi connectivity index (χ2n) is 7.04. The fraction of sp³-hybridized carbons (Fsp3) is 0.364. The van der Waals surface area contributed by atoms with E-state index in [9.17, 15) is 9.59 Å². The first kappa shape index (κ1) is 21.6. The van der Waals surface area contributed by atoms with Crippen LogP contribution in [0, 0.1) is 0 Å². The van der Waals surface area contributed by atoms with Gasteiger partial charge in [-0.2, -0.15) is 0 Å². The van der Waals surface area contributed by atoms with Gasteiger partial charge in [0.1, 0.15) is 0 Å². The van der Waals surface area contributed by atoms with Crippen molar-refractivity contribution >= 4 is 11.8 Å². The van der Waals surface area contributed by atoms with E-state index >= 15 is 0 Å². The van der Waals surface area contributed by atoms with Gasteiger partial charge in [0.05, 0.1) is 19.8 Å². The maximum absolute atomic E-state index is 12.6. The molecule has 2 amide bonds. The summed E-state index contributed by atoms with van der Waals surface area (Å²) in [5.74, 6) is -0.127. The molecule has 1 fully saturated rings. The van der Waals surface area contributed by atoms with E-state index in [1.807, 2.05) is 18.2 Å². The third-order valence-electron chi connectivity index (χ3n) is 4.76. The van der Waals surface area contributed by atoms with Crippen molar-refractivity contribution in [3.8, 4) is 11.5 Å². The van der Waals surface area contributed by atoms with Crippen molar-refractivity contribution in [1.29, 1.82) is 0 Å². The number of nitrogens with zero attached hydrogens (tertiary/aromatic N) is 1. The zero-order chi connectivity index (χ0) is 21.3. The summed E-state index contributed by atoms with van der Waals surface area (Å²) in [5, 5.41) is 2.91. The molecule has 0 saturated carbocycles. The molecule has 160 valence electrons. The average molecular weight is 413 g/mol. The van der Waals surface area contributed by atoms with Gasteiger partial charge in [-0.15, -0.1) is 0 Å². The number of hydrogen-bond acceptors (Lipinski definition) is 6. The molecule has 3 rings (SSSR count). The fourth-order valence-electron chi connectivity index (χ4n) is 3.27. The molecule has 2 aromatic rings. The summed E-state index contributed by atoms with van der Waals surface area (Å²) < 4.78 is 16.3. The molecule has 0 aromatic heterocycles. The van der Waals surface area contributed by atoms with Crippen molar-refractivity contribution < 1.29 is 23.8 Å². The predicted octanol–water partition coefficient (Wildman–Crippen LogP) is 1.19. The Hall–Kier alpha value is -3.10. The first-order chi connectivity index (χ1) is 14.5. The van der Waals surface area contributed by atoms with E-state index in [0.29, 0.717) is 30.2 Å². The largest absolute Gasteiger partial charge is 0.493 e. The maximum Gasteiger partial charge on any atom is 0.255 e. The number of nitrogens with one attached hydrogen (secondary N) is 1. The quantitative estimate of drug-likeness (QED) is 0.640. The number of hydrogen-bond donors (Lipinski definition) is 2. The van der Waals surface area contributed by atoms with Gasteiger partial charge in [0, 0.05) is 31.7 Å². The molecular weight excluding hydrogens is 386 g/mol. The number of primary amides is 1. The molecule has 1 saturated heterocycles. The highest BCUT2D eigenvalue weighted by molar-refractivity contribution is 5.94. The second kappa shape index (κ2) is 10.6. The molecule has 0 aliphatic carbocycles. The SMILES string of the molecule is COc1cc(C(=O)NCC2CN(Cc3ccccc3)CCO2)ccc1OCC(N)=O. The lowest BCUT2D eigenvalue weighted by molar-refractivity contribution is -0.119. The van der Waals surface area contributed by atoms with E-state index in [2.05, 4.69) is 22.3 Å². The topological polar surface area (TPSA) is 103 Å². The highest BCUT2D eigenvalue weighted by Crippen LogP contribution is 2.28. The number of carbonyl (C=O) groups excluding carboxylic acids is 2. The number of morpholine rings is 1. The van der Waals surface area contributed by atoms with Gasteiger partial charge in [-0.3, -0.25) is 14.5 Å². The maximum atomic E-state index is 12.6. The van der Waals surface area contributed by atoms with Crippen LogP contribution in [-0.2, 0) is 16.1 Å². The number of nitrogens with two attached hydrogens (primary N) is 1. The van der Waals surface area contributed by atoms with E-state index in [-0.39, 0.29) is 18.6 Å². The molecule has 1 aliphatic rings. The third kappa shape index (κ3) is 6.20. The van der Waals surface area contributed by atoms with Crippen molar-refractivity contribution in [3.05, 3.63) is 59.7 Å². The summed E-state index contributed by atoms with van der Waals surface area (Å²) in [7, 11) is 1.46. The summed E-state index contributed by atoms with van der Waals surface area (Å²) in [6, 6.07) is 15.0. The molecule has 1 aliphatic heterocycles. The molecule has 0 radical (unpaired) electrons. The van der Waals surface area contributed by atoms with Crippen LogP contribution in [-0.4, -0.2) is 62.8 Å². The number of methoxy groups -OCH3 is 1. The van der Waals surface area contributed by atoms with Gasteiger partial charge in [0.15, 0.2) is 18.1 Å². The molecule has 3 N–H and O–H groups in total. The minimum atomic E-state index is -0.590. The summed E-state index contributed by atoms with van der Waals surface area (Å²) in [4.78, 5) is 25.8. The van der Waals surface area contributed by atoms with E-state index in [0.717, 1.165) is 19.6 Å².